The molecule has 1 N–H and O–H groups in total. The van der Waals surface area contributed by atoms with E-state index in [1.54, 1.807) is 17.5 Å². The van der Waals surface area contributed by atoms with E-state index in [0.717, 1.165) is 38.8 Å². The van der Waals surface area contributed by atoms with Crippen LogP contribution in [0.4, 0.5) is 10.8 Å². The number of aromatic nitrogens is 3. The quantitative estimate of drug-likeness (QED) is 0.589. The number of benzene rings is 1. The van der Waals surface area contributed by atoms with E-state index in [9.17, 15) is 0 Å². The first kappa shape index (κ1) is 13.8. The lowest BCUT2D eigenvalue weighted by Crippen LogP contribution is -1.92. The lowest BCUT2D eigenvalue weighted by Gasteiger charge is -2.06. The SMILES string of the molecule is Cc1cccc(-c2csc(Nc3ccnc4ccccc34)n2)n1. The largest absolute Gasteiger partial charge is 0.331 e. The van der Waals surface area contributed by atoms with E-state index in [4.69, 9.17) is 0 Å². The fourth-order valence-corrected chi connectivity index (χ4v) is 3.17. The number of nitrogens with one attached hydrogen (secondary N) is 1. The molecule has 1 aromatic carbocycles. The van der Waals surface area contributed by atoms with Gasteiger partial charge < -0.3 is 5.32 Å². The van der Waals surface area contributed by atoms with E-state index < -0.39 is 0 Å². The van der Waals surface area contributed by atoms with Crippen LogP contribution >= 0.6 is 11.3 Å². The molecule has 4 aromatic rings. The zero-order valence-electron chi connectivity index (χ0n) is 12.5. The van der Waals surface area contributed by atoms with Gasteiger partial charge in [-0.3, -0.25) is 9.97 Å². The number of para-hydroxylation sites is 1. The van der Waals surface area contributed by atoms with Gasteiger partial charge in [-0.2, -0.15) is 0 Å². The number of pyridine rings is 2. The molecule has 0 bridgehead atoms. The fourth-order valence-electron chi connectivity index (χ4n) is 2.45. The molecule has 3 heterocycles. The fraction of sp³-hybridized carbons (Fsp3) is 0.0556. The molecule has 3 aromatic heterocycles. The van der Waals surface area contributed by atoms with Crippen LogP contribution in [0.5, 0.6) is 0 Å². The Hall–Kier alpha value is -2.79. The monoisotopic (exact) mass is 318 g/mol. The van der Waals surface area contributed by atoms with Gasteiger partial charge in [0.25, 0.3) is 0 Å². The minimum absolute atomic E-state index is 0.847. The number of nitrogens with zero attached hydrogens (tertiary/aromatic N) is 3. The van der Waals surface area contributed by atoms with E-state index >= 15 is 0 Å². The summed E-state index contributed by atoms with van der Waals surface area (Å²) in [6.07, 6.45) is 1.81. The van der Waals surface area contributed by atoms with Crippen LogP contribution in [0, 0.1) is 6.92 Å². The van der Waals surface area contributed by atoms with Gasteiger partial charge in [0.15, 0.2) is 5.13 Å². The Morgan fingerprint density at radius 1 is 0.913 bits per heavy atom. The second-order valence-corrected chi connectivity index (χ2v) is 6.06. The van der Waals surface area contributed by atoms with E-state index in [2.05, 4.69) is 26.3 Å². The molecule has 5 heteroatoms. The van der Waals surface area contributed by atoms with E-state index in [-0.39, 0.29) is 0 Å². The molecule has 0 aliphatic rings. The van der Waals surface area contributed by atoms with E-state index in [1.165, 1.54) is 0 Å². The van der Waals surface area contributed by atoms with Crippen molar-refractivity contribution in [2.75, 3.05) is 5.32 Å². The van der Waals surface area contributed by atoms with Gasteiger partial charge in [0.05, 0.1) is 16.9 Å². The molecule has 0 atom stereocenters. The smallest absolute Gasteiger partial charge is 0.187 e. The average Bonchev–Trinajstić information content (AvgIpc) is 3.04. The highest BCUT2D eigenvalue weighted by atomic mass is 32.1. The third-order valence-electron chi connectivity index (χ3n) is 3.55. The normalized spacial score (nSPS) is 10.8. The second kappa shape index (κ2) is 5.78. The maximum Gasteiger partial charge on any atom is 0.187 e. The predicted molar refractivity (Wildman–Crippen MR) is 95.1 cm³/mol. The lowest BCUT2D eigenvalue weighted by atomic mass is 10.2. The minimum Gasteiger partial charge on any atom is -0.331 e. The number of hydrogen-bond donors (Lipinski definition) is 1. The summed E-state index contributed by atoms with van der Waals surface area (Å²) in [7, 11) is 0. The summed E-state index contributed by atoms with van der Waals surface area (Å²) < 4.78 is 0. The number of aryl methyl sites for hydroxylation is 1. The van der Waals surface area contributed by atoms with Gasteiger partial charge in [0.2, 0.25) is 0 Å². The van der Waals surface area contributed by atoms with Crippen LogP contribution in [0.2, 0.25) is 0 Å². The first-order valence-electron chi connectivity index (χ1n) is 7.30. The molecule has 0 saturated heterocycles. The third kappa shape index (κ3) is 2.78. The lowest BCUT2D eigenvalue weighted by molar-refractivity contribution is 1.19. The minimum atomic E-state index is 0.847. The van der Waals surface area contributed by atoms with Crippen LogP contribution in [0.3, 0.4) is 0 Å². The van der Waals surface area contributed by atoms with Crippen molar-refractivity contribution in [1.29, 1.82) is 0 Å². The van der Waals surface area contributed by atoms with Crippen LogP contribution in [0.25, 0.3) is 22.3 Å². The zero-order chi connectivity index (χ0) is 15.6. The third-order valence-corrected chi connectivity index (χ3v) is 4.30. The molecule has 23 heavy (non-hydrogen) atoms. The Labute approximate surface area is 137 Å². The molecule has 0 fully saturated rings. The Kier molecular flexibility index (Phi) is 3.48. The van der Waals surface area contributed by atoms with Crippen molar-refractivity contribution < 1.29 is 0 Å². The summed E-state index contributed by atoms with van der Waals surface area (Å²) in [5.41, 5.74) is 4.75. The summed E-state index contributed by atoms with van der Waals surface area (Å²) in [4.78, 5) is 13.5. The van der Waals surface area contributed by atoms with E-state index in [0.29, 0.717) is 0 Å². The first-order chi connectivity index (χ1) is 11.3. The molecule has 4 nitrogen and oxygen atoms in total. The van der Waals surface area contributed by atoms with Gasteiger partial charge in [-0.05, 0) is 31.2 Å². The average molecular weight is 318 g/mol. The standard InChI is InChI=1S/C18H14N4S/c1-12-5-4-8-16(20-12)17-11-23-18(22-17)21-15-9-10-19-14-7-3-2-6-13(14)15/h2-11H,1H3,(H,19,21,22). The molecule has 0 spiro atoms. The number of hydrogen-bond acceptors (Lipinski definition) is 5. The Morgan fingerprint density at radius 3 is 2.74 bits per heavy atom. The van der Waals surface area contributed by atoms with Crippen LogP contribution < -0.4 is 5.32 Å². The van der Waals surface area contributed by atoms with Crippen molar-refractivity contribution in [3.05, 3.63) is 65.8 Å². The van der Waals surface area contributed by atoms with Gasteiger partial charge in [0, 0.05) is 22.7 Å². The summed E-state index contributed by atoms with van der Waals surface area (Å²) in [6, 6.07) is 16.0. The Bertz CT molecular complexity index is 972. The maximum atomic E-state index is 4.65. The Morgan fingerprint density at radius 2 is 1.83 bits per heavy atom. The molecule has 112 valence electrons. The van der Waals surface area contributed by atoms with Gasteiger partial charge >= 0.3 is 0 Å². The topological polar surface area (TPSA) is 50.7 Å². The molecule has 0 unspecified atom stereocenters. The van der Waals surface area contributed by atoms with Gasteiger partial charge in [0.1, 0.15) is 5.69 Å². The first-order valence-corrected chi connectivity index (χ1v) is 8.18. The van der Waals surface area contributed by atoms with Gasteiger partial charge in [-0.15, -0.1) is 11.3 Å². The molecule has 0 saturated carbocycles. The van der Waals surface area contributed by atoms with Crippen LogP contribution in [-0.2, 0) is 0 Å². The summed E-state index contributed by atoms with van der Waals surface area (Å²) in [5, 5.41) is 7.34. The molecule has 4 rings (SSSR count). The molecular weight excluding hydrogens is 304 g/mol. The highest BCUT2D eigenvalue weighted by molar-refractivity contribution is 7.14. The second-order valence-electron chi connectivity index (χ2n) is 5.20. The maximum absolute atomic E-state index is 4.65. The highest BCUT2D eigenvalue weighted by Gasteiger charge is 2.08. The highest BCUT2D eigenvalue weighted by Crippen LogP contribution is 2.29. The van der Waals surface area contributed by atoms with Crippen molar-refractivity contribution in [1.82, 2.24) is 15.0 Å². The van der Waals surface area contributed by atoms with Crippen molar-refractivity contribution in [2.45, 2.75) is 6.92 Å². The van der Waals surface area contributed by atoms with Crippen LogP contribution in [-0.4, -0.2) is 15.0 Å². The van der Waals surface area contributed by atoms with E-state index in [1.807, 2.05) is 54.8 Å². The number of anilines is 2. The molecular formula is C18H14N4S. The summed E-state index contributed by atoms with van der Waals surface area (Å²) in [6.45, 7) is 1.98. The molecule has 0 radical (unpaired) electrons. The molecule has 0 aliphatic heterocycles. The molecule has 0 aliphatic carbocycles. The van der Waals surface area contributed by atoms with Crippen LogP contribution in [0.15, 0.2) is 60.1 Å². The predicted octanol–water partition coefficient (Wildman–Crippen LogP) is 4.81. The van der Waals surface area contributed by atoms with Crippen LogP contribution in [0.1, 0.15) is 5.69 Å². The number of rotatable bonds is 3. The number of fused-ring (bicyclic) bond motifs is 1. The summed E-state index contributed by atoms with van der Waals surface area (Å²) >= 11 is 1.57. The van der Waals surface area contributed by atoms with Gasteiger partial charge in [-0.1, -0.05) is 24.3 Å². The van der Waals surface area contributed by atoms with Gasteiger partial charge in [-0.25, -0.2) is 4.98 Å². The van der Waals surface area contributed by atoms with Crippen molar-refractivity contribution in [3.8, 4) is 11.4 Å². The zero-order valence-corrected chi connectivity index (χ0v) is 13.3. The van der Waals surface area contributed by atoms with Crippen molar-refractivity contribution >= 4 is 33.1 Å². The molecule has 0 amide bonds. The Balaban J connectivity index is 1.67. The number of thiazole rings is 1. The summed E-state index contributed by atoms with van der Waals surface area (Å²) in [5.74, 6) is 0. The van der Waals surface area contributed by atoms with Crippen molar-refractivity contribution in [3.63, 3.8) is 0 Å². The van der Waals surface area contributed by atoms with Crippen molar-refractivity contribution in [2.24, 2.45) is 0 Å².